The minimum atomic E-state index is 0.924. The number of fused-ring (bicyclic) bond motifs is 1. The van der Waals surface area contributed by atoms with Gasteiger partial charge in [0.25, 0.3) is 0 Å². The fourth-order valence-corrected chi connectivity index (χ4v) is 1.49. The van der Waals surface area contributed by atoms with Crippen LogP contribution < -0.4 is 0 Å². The normalized spacial score (nSPS) is 9.25. The Morgan fingerprint density at radius 1 is 1.17 bits per heavy atom. The van der Waals surface area contributed by atoms with Gasteiger partial charge in [-0.3, -0.25) is 0 Å². The molecule has 2 aromatic heterocycles. The number of aryl methyl sites for hydroxylation is 1. The second-order valence-corrected chi connectivity index (χ2v) is 2.80. The van der Waals surface area contributed by atoms with Gasteiger partial charge in [0.2, 0.25) is 0 Å². The average molecular weight is 181 g/mol. The van der Waals surface area contributed by atoms with Crippen LogP contribution in [0, 0.1) is 6.92 Å². The molecule has 0 aromatic carbocycles. The lowest BCUT2D eigenvalue weighted by atomic mass is 10.4. The lowest BCUT2D eigenvalue weighted by Gasteiger charge is -1.88. The lowest BCUT2D eigenvalue weighted by Crippen LogP contribution is -1.83. The van der Waals surface area contributed by atoms with Gasteiger partial charge in [0.05, 0.1) is 11.2 Å². The van der Waals surface area contributed by atoms with Gasteiger partial charge in [0, 0.05) is 0 Å². The fraction of sp³-hybridized carbons (Fsp3) is 0.375. The molecule has 12 heavy (non-hydrogen) atoms. The Bertz CT molecular complexity index is 356. The number of thiazole rings is 1. The van der Waals surface area contributed by atoms with E-state index in [1.54, 1.807) is 11.8 Å². The zero-order chi connectivity index (χ0) is 8.97. The molecule has 0 fully saturated rings. The predicted octanol–water partition coefficient (Wildman–Crippen LogP) is 2.42. The van der Waals surface area contributed by atoms with Crippen molar-refractivity contribution in [2.75, 3.05) is 0 Å². The maximum atomic E-state index is 4.11. The summed E-state index contributed by atoms with van der Waals surface area (Å²) in [4.78, 5) is 13.1. The Morgan fingerprint density at radius 3 is 2.58 bits per heavy atom. The number of aromatic nitrogens is 3. The van der Waals surface area contributed by atoms with E-state index in [4.69, 9.17) is 0 Å². The number of rotatable bonds is 0. The highest BCUT2D eigenvalue weighted by Crippen LogP contribution is 2.15. The Kier molecular flexibility index (Phi) is 3.10. The van der Waals surface area contributed by atoms with E-state index in [0.29, 0.717) is 0 Å². The molecular weight excluding hydrogens is 170 g/mol. The van der Waals surface area contributed by atoms with Gasteiger partial charge in [-0.15, -0.1) is 11.3 Å². The van der Waals surface area contributed by atoms with E-state index >= 15 is 0 Å². The van der Waals surface area contributed by atoms with Crippen molar-refractivity contribution in [1.29, 1.82) is 0 Å². The molecule has 3 nitrogen and oxygen atoms in total. The molecule has 0 radical (unpaired) electrons. The summed E-state index contributed by atoms with van der Waals surface area (Å²) in [5.74, 6) is 0. The predicted molar refractivity (Wildman–Crippen MR) is 51.3 cm³/mol. The summed E-state index contributed by atoms with van der Waals surface area (Å²) in [6.07, 6.45) is 1.57. The van der Waals surface area contributed by atoms with Crippen molar-refractivity contribution in [3.8, 4) is 0 Å². The second kappa shape index (κ2) is 4.11. The van der Waals surface area contributed by atoms with E-state index in [0.717, 1.165) is 16.0 Å². The zero-order valence-electron chi connectivity index (χ0n) is 7.40. The Morgan fingerprint density at radius 2 is 1.92 bits per heavy atom. The van der Waals surface area contributed by atoms with Gasteiger partial charge in [0.15, 0.2) is 0 Å². The Balaban J connectivity index is 0.000000336. The second-order valence-electron chi connectivity index (χ2n) is 1.97. The molecule has 0 bridgehead atoms. The van der Waals surface area contributed by atoms with Crippen molar-refractivity contribution in [3.05, 3.63) is 17.5 Å². The molecule has 4 heteroatoms. The van der Waals surface area contributed by atoms with Crippen LogP contribution >= 0.6 is 11.3 Å². The standard InChI is InChI=1S/C6H5N3S.C2H6/c1-4-5-6(8-2-7-4)10-3-9-5;1-2/h2-3H,1H3;1-2H3. The third-order valence-electron chi connectivity index (χ3n) is 1.32. The van der Waals surface area contributed by atoms with Gasteiger partial charge in [0.1, 0.15) is 16.7 Å². The monoisotopic (exact) mass is 181 g/mol. The fourth-order valence-electron chi connectivity index (χ4n) is 0.809. The molecule has 0 saturated heterocycles. The molecule has 0 unspecified atom stereocenters. The quantitative estimate of drug-likeness (QED) is 0.626. The molecule has 2 aromatic rings. The third-order valence-corrected chi connectivity index (χ3v) is 2.05. The minimum absolute atomic E-state index is 0.924. The molecule has 0 aliphatic heterocycles. The van der Waals surface area contributed by atoms with Gasteiger partial charge in [-0.05, 0) is 6.92 Å². The molecule has 0 saturated carbocycles. The van der Waals surface area contributed by atoms with Gasteiger partial charge in [-0.1, -0.05) is 13.8 Å². The van der Waals surface area contributed by atoms with Crippen LogP contribution in [0.2, 0.25) is 0 Å². The van der Waals surface area contributed by atoms with Crippen molar-refractivity contribution in [2.45, 2.75) is 20.8 Å². The van der Waals surface area contributed by atoms with Crippen molar-refractivity contribution < 1.29 is 0 Å². The van der Waals surface area contributed by atoms with Crippen LogP contribution in [0.5, 0.6) is 0 Å². The molecular formula is C8H11N3S. The highest BCUT2D eigenvalue weighted by molar-refractivity contribution is 7.16. The number of nitrogens with zero attached hydrogens (tertiary/aromatic N) is 3. The highest BCUT2D eigenvalue weighted by Gasteiger charge is 1.99. The van der Waals surface area contributed by atoms with Crippen LogP contribution in [-0.4, -0.2) is 15.0 Å². The van der Waals surface area contributed by atoms with Gasteiger partial charge >= 0.3 is 0 Å². The minimum Gasteiger partial charge on any atom is -0.241 e. The molecule has 64 valence electrons. The van der Waals surface area contributed by atoms with E-state index < -0.39 is 0 Å². The Hall–Kier alpha value is -1.03. The first-order valence-corrected chi connectivity index (χ1v) is 4.76. The molecule has 2 rings (SSSR count). The van der Waals surface area contributed by atoms with E-state index in [1.165, 1.54) is 11.3 Å². The summed E-state index contributed by atoms with van der Waals surface area (Å²) in [5, 5.41) is 0. The summed E-state index contributed by atoms with van der Waals surface area (Å²) in [5.41, 5.74) is 3.66. The average Bonchev–Trinajstić information content (AvgIpc) is 2.57. The molecule has 0 atom stereocenters. The highest BCUT2D eigenvalue weighted by atomic mass is 32.1. The van der Waals surface area contributed by atoms with E-state index in [2.05, 4.69) is 15.0 Å². The summed E-state index contributed by atoms with van der Waals surface area (Å²) >= 11 is 1.54. The molecule has 0 aliphatic rings. The molecule has 0 amide bonds. The molecule has 2 heterocycles. The summed E-state index contributed by atoms with van der Waals surface area (Å²) in [6, 6.07) is 0. The van der Waals surface area contributed by atoms with Crippen LogP contribution in [0.1, 0.15) is 19.5 Å². The van der Waals surface area contributed by atoms with E-state index in [1.807, 2.05) is 20.8 Å². The van der Waals surface area contributed by atoms with E-state index in [-0.39, 0.29) is 0 Å². The first-order chi connectivity index (χ1) is 5.88. The maximum absolute atomic E-state index is 4.11. The Labute approximate surface area is 75.5 Å². The van der Waals surface area contributed by atoms with Gasteiger partial charge in [-0.2, -0.15) is 0 Å². The number of hydrogen-bond acceptors (Lipinski definition) is 4. The van der Waals surface area contributed by atoms with Gasteiger partial charge in [-0.25, -0.2) is 15.0 Å². The van der Waals surface area contributed by atoms with Crippen molar-refractivity contribution in [3.63, 3.8) is 0 Å². The third kappa shape index (κ3) is 1.58. The van der Waals surface area contributed by atoms with Crippen molar-refractivity contribution in [1.82, 2.24) is 15.0 Å². The van der Waals surface area contributed by atoms with E-state index in [9.17, 15) is 0 Å². The summed E-state index contributed by atoms with van der Waals surface area (Å²) in [7, 11) is 0. The van der Waals surface area contributed by atoms with Crippen LogP contribution in [-0.2, 0) is 0 Å². The first kappa shape index (κ1) is 9.06. The van der Waals surface area contributed by atoms with Gasteiger partial charge < -0.3 is 0 Å². The molecule has 0 N–H and O–H groups in total. The maximum Gasteiger partial charge on any atom is 0.146 e. The van der Waals surface area contributed by atoms with Crippen molar-refractivity contribution >= 4 is 21.7 Å². The number of hydrogen-bond donors (Lipinski definition) is 0. The lowest BCUT2D eigenvalue weighted by molar-refractivity contribution is 1.14. The van der Waals surface area contributed by atoms with Crippen LogP contribution in [0.25, 0.3) is 10.3 Å². The summed E-state index contributed by atoms with van der Waals surface area (Å²) < 4.78 is 0. The first-order valence-electron chi connectivity index (χ1n) is 3.89. The molecule has 0 aliphatic carbocycles. The smallest absolute Gasteiger partial charge is 0.146 e. The topological polar surface area (TPSA) is 38.7 Å². The summed E-state index contributed by atoms with van der Waals surface area (Å²) in [6.45, 7) is 5.93. The van der Waals surface area contributed by atoms with Crippen LogP contribution in [0.3, 0.4) is 0 Å². The van der Waals surface area contributed by atoms with Crippen LogP contribution in [0.15, 0.2) is 11.8 Å². The largest absolute Gasteiger partial charge is 0.241 e. The SMILES string of the molecule is CC.Cc1ncnc2scnc12. The zero-order valence-corrected chi connectivity index (χ0v) is 8.22. The van der Waals surface area contributed by atoms with Crippen molar-refractivity contribution in [2.24, 2.45) is 0 Å². The molecule has 0 spiro atoms. The van der Waals surface area contributed by atoms with Crippen LogP contribution in [0.4, 0.5) is 0 Å².